The van der Waals surface area contributed by atoms with Gasteiger partial charge >= 0.3 is 0 Å². The van der Waals surface area contributed by atoms with Crippen LogP contribution in [-0.4, -0.2) is 43.2 Å². The lowest BCUT2D eigenvalue weighted by Gasteiger charge is -2.17. The lowest BCUT2D eigenvalue weighted by molar-refractivity contribution is -0.123. The molecule has 1 amide bonds. The van der Waals surface area contributed by atoms with E-state index in [1.54, 1.807) is 7.11 Å². The summed E-state index contributed by atoms with van der Waals surface area (Å²) in [6, 6.07) is -0.207. The Balaban J connectivity index is 3.67. The number of methoxy groups -OCH3 is 1. The van der Waals surface area contributed by atoms with Crippen molar-refractivity contribution < 1.29 is 9.53 Å². The van der Waals surface area contributed by atoms with Gasteiger partial charge in [0, 0.05) is 19.8 Å². The van der Waals surface area contributed by atoms with Crippen LogP contribution in [0.4, 0.5) is 0 Å². The number of ether oxygens (including phenoxy) is 1. The highest BCUT2D eigenvalue weighted by atomic mass is 32.2. The summed E-state index contributed by atoms with van der Waals surface area (Å²) in [5.41, 5.74) is 5.79. The molecule has 0 aromatic carbocycles. The first-order valence-electron chi connectivity index (χ1n) is 6.24. The van der Waals surface area contributed by atoms with E-state index in [0.29, 0.717) is 13.0 Å². The minimum absolute atomic E-state index is 0.0462. The second-order valence-corrected chi connectivity index (χ2v) is 5.53. The van der Waals surface area contributed by atoms with Crippen LogP contribution in [0.1, 0.15) is 33.1 Å². The number of amides is 1. The van der Waals surface area contributed by atoms with Gasteiger partial charge in [0.1, 0.15) is 0 Å². The Morgan fingerprint density at radius 1 is 1.47 bits per heavy atom. The average molecular weight is 262 g/mol. The minimum atomic E-state index is -0.411. The molecule has 0 aliphatic carbocycles. The second-order valence-electron chi connectivity index (χ2n) is 4.14. The Bertz CT molecular complexity index is 203. The maximum absolute atomic E-state index is 11.7. The summed E-state index contributed by atoms with van der Waals surface area (Å²) in [5.74, 6) is 2.16. The number of nitrogens with two attached hydrogens (primary N) is 1. The molecule has 0 saturated heterocycles. The number of carbonyl (C=O) groups excluding carboxylic acids is 1. The van der Waals surface area contributed by atoms with E-state index in [1.807, 2.05) is 18.7 Å². The molecular weight excluding hydrogens is 236 g/mol. The largest absolute Gasteiger partial charge is 0.385 e. The molecule has 2 unspecified atom stereocenters. The van der Waals surface area contributed by atoms with Crippen LogP contribution in [0, 0.1) is 0 Å². The van der Waals surface area contributed by atoms with Crippen LogP contribution in [0.5, 0.6) is 0 Å². The number of hydrogen-bond donors (Lipinski definition) is 2. The lowest BCUT2D eigenvalue weighted by Crippen LogP contribution is -2.44. The van der Waals surface area contributed by atoms with Gasteiger partial charge in [-0.25, -0.2) is 0 Å². The summed E-state index contributed by atoms with van der Waals surface area (Å²) in [6.07, 6.45) is 2.50. The molecule has 17 heavy (non-hydrogen) atoms. The summed E-state index contributed by atoms with van der Waals surface area (Å²) < 4.78 is 4.93. The van der Waals surface area contributed by atoms with E-state index in [-0.39, 0.29) is 11.9 Å². The zero-order valence-electron chi connectivity index (χ0n) is 11.2. The molecule has 0 bridgehead atoms. The van der Waals surface area contributed by atoms with E-state index in [2.05, 4.69) is 12.2 Å². The summed E-state index contributed by atoms with van der Waals surface area (Å²) in [7, 11) is 1.65. The third-order valence-electron chi connectivity index (χ3n) is 2.49. The second kappa shape index (κ2) is 10.9. The van der Waals surface area contributed by atoms with E-state index < -0.39 is 6.04 Å². The van der Waals surface area contributed by atoms with Gasteiger partial charge in [-0.05, 0) is 37.7 Å². The summed E-state index contributed by atoms with van der Waals surface area (Å²) >= 11 is 1.89. The third kappa shape index (κ3) is 9.44. The molecule has 2 atom stereocenters. The van der Waals surface area contributed by atoms with Crippen molar-refractivity contribution in [2.75, 3.05) is 25.2 Å². The molecule has 0 radical (unpaired) electrons. The van der Waals surface area contributed by atoms with Crippen molar-refractivity contribution in [3.05, 3.63) is 0 Å². The highest BCUT2D eigenvalue weighted by molar-refractivity contribution is 7.99. The van der Waals surface area contributed by atoms with Gasteiger partial charge in [-0.2, -0.15) is 11.8 Å². The molecule has 0 fully saturated rings. The zero-order valence-corrected chi connectivity index (χ0v) is 12.0. The molecule has 0 heterocycles. The van der Waals surface area contributed by atoms with Gasteiger partial charge in [-0.15, -0.1) is 0 Å². The topological polar surface area (TPSA) is 64.4 Å². The van der Waals surface area contributed by atoms with E-state index in [9.17, 15) is 4.79 Å². The van der Waals surface area contributed by atoms with Crippen molar-refractivity contribution in [1.29, 1.82) is 0 Å². The Kier molecular flexibility index (Phi) is 10.7. The van der Waals surface area contributed by atoms with Crippen LogP contribution in [0.15, 0.2) is 0 Å². The maximum atomic E-state index is 11.7. The van der Waals surface area contributed by atoms with Crippen molar-refractivity contribution in [2.24, 2.45) is 5.73 Å². The smallest absolute Gasteiger partial charge is 0.237 e. The Hall–Kier alpha value is -0.260. The lowest BCUT2D eigenvalue weighted by atomic mass is 10.1. The summed E-state index contributed by atoms with van der Waals surface area (Å²) in [4.78, 5) is 11.7. The van der Waals surface area contributed by atoms with Crippen LogP contribution in [0.25, 0.3) is 0 Å². The van der Waals surface area contributed by atoms with E-state index in [1.165, 1.54) is 0 Å². The van der Waals surface area contributed by atoms with E-state index >= 15 is 0 Å². The van der Waals surface area contributed by atoms with E-state index in [0.717, 1.165) is 24.3 Å². The Morgan fingerprint density at radius 2 is 2.18 bits per heavy atom. The first-order chi connectivity index (χ1) is 8.11. The Labute approximate surface area is 109 Å². The van der Waals surface area contributed by atoms with Crippen LogP contribution >= 0.6 is 11.8 Å². The standard InChI is InChI=1S/C12H26N2O2S/c1-4-17-9-7-10(2)14-12(15)11(13)6-5-8-16-3/h10-11H,4-9,13H2,1-3H3,(H,14,15). The van der Waals surface area contributed by atoms with Gasteiger partial charge in [-0.1, -0.05) is 6.92 Å². The van der Waals surface area contributed by atoms with Gasteiger partial charge in [0.15, 0.2) is 0 Å². The Morgan fingerprint density at radius 3 is 2.76 bits per heavy atom. The number of carbonyl (C=O) groups is 1. The average Bonchev–Trinajstić information content (AvgIpc) is 2.29. The van der Waals surface area contributed by atoms with Crippen LogP contribution in [0.2, 0.25) is 0 Å². The molecule has 0 aromatic heterocycles. The first-order valence-corrected chi connectivity index (χ1v) is 7.39. The molecular formula is C12H26N2O2S. The molecule has 4 nitrogen and oxygen atoms in total. The molecule has 3 N–H and O–H groups in total. The predicted octanol–water partition coefficient (Wildman–Crippen LogP) is 1.39. The van der Waals surface area contributed by atoms with Crippen LogP contribution in [0.3, 0.4) is 0 Å². The molecule has 0 spiro atoms. The maximum Gasteiger partial charge on any atom is 0.237 e. The van der Waals surface area contributed by atoms with Crippen molar-refractivity contribution in [3.63, 3.8) is 0 Å². The molecule has 5 heteroatoms. The zero-order chi connectivity index (χ0) is 13.1. The minimum Gasteiger partial charge on any atom is -0.385 e. The summed E-state index contributed by atoms with van der Waals surface area (Å²) in [6.45, 7) is 4.82. The molecule has 0 aromatic rings. The highest BCUT2D eigenvalue weighted by Crippen LogP contribution is 2.04. The highest BCUT2D eigenvalue weighted by Gasteiger charge is 2.14. The molecule has 0 saturated carbocycles. The first kappa shape index (κ1) is 16.7. The SMILES string of the molecule is CCSCCC(C)NC(=O)C(N)CCCOC. The predicted molar refractivity (Wildman–Crippen MR) is 74.3 cm³/mol. The van der Waals surface area contributed by atoms with Gasteiger partial charge < -0.3 is 15.8 Å². The van der Waals surface area contributed by atoms with Gasteiger partial charge in [0.25, 0.3) is 0 Å². The van der Waals surface area contributed by atoms with Gasteiger partial charge in [0.05, 0.1) is 6.04 Å². The molecule has 102 valence electrons. The third-order valence-corrected chi connectivity index (χ3v) is 3.42. The van der Waals surface area contributed by atoms with Crippen molar-refractivity contribution in [1.82, 2.24) is 5.32 Å². The number of nitrogens with one attached hydrogen (secondary N) is 1. The molecule has 0 aliphatic heterocycles. The fraction of sp³-hybridized carbons (Fsp3) is 0.917. The van der Waals surface area contributed by atoms with Gasteiger partial charge in [0.2, 0.25) is 5.91 Å². The molecule has 0 aliphatic rings. The number of rotatable bonds is 10. The fourth-order valence-corrected chi connectivity index (χ4v) is 2.21. The summed E-state index contributed by atoms with van der Waals surface area (Å²) in [5, 5.41) is 2.95. The monoisotopic (exact) mass is 262 g/mol. The van der Waals surface area contributed by atoms with Crippen LogP contribution < -0.4 is 11.1 Å². The van der Waals surface area contributed by atoms with E-state index in [4.69, 9.17) is 10.5 Å². The van der Waals surface area contributed by atoms with Gasteiger partial charge in [-0.3, -0.25) is 4.79 Å². The fourth-order valence-electron chi connectivity index (χ4n) is 1.41. The molecule has 0 rings (SSSR count). The van der Waals surface area contributed by atoms with Crippen LogP contribution in [-0.2, 0) is 9.53 Å². The van der Waals surface area contributed by atoms with Crippen molar-refractivity contribution in [3.8, 4) is 0 Å². The van der Waals surface area contributed by atoms with Crippen molar-refractivity contribution in [2.45, 2.75) is 45.2 Å². The van der Waals surface area contributed by atoms with Crippen molar-refractivity contribution >= 4 is 17.7 Å². The number of hydrogen-bond acceptors (Lipinski definition) is 4. The quantitative estimate of drug-likeness (QED) is 0.584. The normalized spacial score (nSPS) is 14.4. The number of thioether (sulfide) groups is 1.